The molecule has 25 heavy (non-hydrogen) atoms. The Labute approximate surface area is 153 Å². The van der Waals surface area contributed by atoms with Crippen LogP contribution >= 0.6 is 11.6 Å². The molecule has 134 valence electrons. The Bertz CT molecular complexity index is 863. The van der Waals surface area contributed by atoms with Gasteiger partial charge in [0.25, 0.3) is 0 Å². The highest BCUT2D eigenvalue weighted by Crippen LogP contribution is 2.24. The first-order valence-electron chi connectivity index (χ1n) is 7.75. The maximum absolute atomic E-state index is 12.7. The summed E-state index contributed by atoms with van der Waals surface area (Å²) in [5.41, 5.74) is 1.98. The van der Waals surface area contributed by atoms with Gasteiger partial charge in [0, 0.05) is 6.04 Å². The van der Waals surface area contributed by atoms with Crippen molar-refractivity contribution < 1.29 is 17.9 Å². The molecule has 0 radical (unpaired) electrons. The Kier molecular flexibility index (Phi) is 6.21. The highest BCUT2D eigenvalue weighted by atomic mass is 35.5. The van der Waals surface area contributed by atoms with Gasteiger partial charge >= 0.3 is 5.97 Å². The van der Waals surface area contributed by atoms with Crippen molar-refractivity contribution in [2.75, 3.05) is 7.11 Å². The molecule has 1 unspecified atom stereocenters. The van der Waals surface area contributed by atoms with Crippen LogP contribution in [0.25, 0.3) is 0 Å². The van der Waals surface area contributed by atoms with Crippen LogP contribution in [0.1, 0.15) is 40.9 Å². The van der Waals surface area contributed by atoms with Gasteiger partial charge in [-0.3, -0.25) is 0 Å². The lowest BCUT2D eigenvalue weighted by atomic mass is 10.0. The number of methoxy groups -OCH3 is 1. The zero-order chi connectivity index (χ0) is 18.6. The van der Waals surface area contributed by atoms with Gasteiger partial charge in [-0.25, -0.2) is 17.9 Å². The van der Waals surface area contributed by atoms with Gasteiger partial charge in [-0.1, -0.05) is 48.4 Å². The first-order valence-corrected chi connectivity index (χ1v) is 9.61. The molecule has 1 atom stereocenters. The second kappa shape index (κ2) is 7.99. The van der Waals surface area contributed by atoms with E-state index in [1.807, 2.05) is 38.1 Å². The smallest absolute Gasteiger partial charge is 0.339 e. The van der Waals surface area contributed by atoms with E-state index >= 15 is 0 Å². The van der Waals surface area contributed by atoms with Crippen LogP contribution in [0.5, 0.6) is 0 Å². The third-order valence-electron chi connectivity index (χ3n) is 3.84. The van der Waals surface area contributed by atoms with Crippen molar-refractivity contribution in [3.8, 4) is 0 Å². The molecular weight excluding hydrogens is 362 g/mol. The summed E-state index contributed by atoms with van der Waals surface area (Å²) in [4.78, 5) is 11.7. The van der Waals surface area contributed by atoms with Gasteiger partial charge in [0.15, 0.2) is 0 Å². The van der Waals surface area contributed by atoms with Gasteiger partial charge in [0.05, 0.1) is 22.6 Å². The van der Waals surface area contributed by atoms with Crippen LogP contribution in [0.2, 0.25) is 5.02 Å². The summed E-state index contributed by atoms with van der Waals surface area (Å²) in [6.45, 7) is 3.87. The predicted octanol–water partition coefficient (Wildman–Crippen LogP) is 3.86. The van der Waals surface area contributed by atoms with Gasteiger partial charge in [0.1, 0.15) is 0 Å². The second-order valence-corrected chi connectivity index (χ2v) is 7.75. The monoisotopic (exact) mass is 381 g/mol. The molecule has 0 aliphatic carbocycles. The first-order chi connectivity index (χ1) is 11.8. The molecule has 5 nitrogen and oxygen atoms in total. The third kappa shape index (κ3) is 4.60. The largest absolute Gasteiger partial charge is 0.465 e. The highest BCUT2D eigenvalue weighted by Gasteiger charge is 2.22. The van der Waals surface area contributed by atoms with Crippen molar-refractivity contribution >= 4 is 27.6 Å². The molecule has 0 fully saturated rings. The quantitative estimate of drug-likeness (QED) is 0.771. The summed E-state index contributed by atoms with van der Waals surface area (Å²) < 4.78 is 32.7. The van der Waals surface area contributed by atoms with Gasteiger partial charge in [-0.2, -0.15) is 0 Å². The number of hydrogen-bond donors (Lipinski definition) is 1. The molecule has 2 rings (SSSR count). The summed E-state index contributed by atoms with van der Waals surface area (Å²) >= 11 is 5.95. The molecule has 0 amide bonds. The minimum absolute atomic E-state index is 0.00965. The summed E-state index contributed by atoms with van der Waals surface area (Å²) in [5, 5.41) is 0.136. The Balaban J connectivity index is 2.34. The lowest BCUT2D eigenvalue weighted by Crippen LogP contribution is -2.28. The van der Waals surface area contributed by atoms with Crippen molar-refractivity contribution in [1.29, 1.82) is 0 Å². The fraction of sp³-hybridized carbons (Fsp3) is 0.278. The SMILES string of the molecule is CCC(NS(=O)(=O)c1ccc(Cl)c(C(=O)OC)c1)c1ccc(C)cc1. The number of carbonyl (C=O) groups is 1. The molecule has 2 aromatic rings. The average molecular weight is 382 g/mol. The Morgan fingerprint density at radius 3 is 2.40 bits per heavy atom. The van der Waals surface area contributed by atoms with Gasteiger partial charge in [0.2, 0.25) is 10.0 Å². The van der Waals surface area contributed by atoms with Gasteiger partial charge in [-0.15, -0.1) is 0 Å². The fourth-order valence-corrected chi connectivity index (χ4v) is 3.91. The number of esters is 1. The molecule has 0 aliphatic heterocycles. The minimum atomic E-state index is -3.83. The number of halogens is 1. The normalized spacial score (nSPS) is 12.6. The summed E-state index contributed by atoms with van der Waals surface area (Å²) in [6.07, 6.45) is 0.583. The number of nitrogens with one attached hydrogen (secondary N) is 1. The molecular formula is C18H20ClNO4S. The minimum Gasteiger partial charge on any atom is -0.465 e. The summed E-state index contributed by atoms with van der Waals surface area (Å²) in [7, 11) is -2.62. The maximum Gasteiger partial charge on any atom is 0.339 e. The molecule has 0 saturated heterocycles. The Hall–Kier alpha value is -1.89. The Morgan fingerprint density at radius 2 is 1.84 bits per heavy atom. The van der Waals surface area contributed by atoms with Crippen molar-refractivity contribution in [3.05, 3.63) is 64.2 Å². The number of hydrogen-bond acceptors (Lipinski definition) is 4. The molecule has 1 N–H and O–H groups in total. The van der Waals surface area contributed by atoms with Crippen LogP contribution in [-0.2, 0) is 14.8 Å². The van der Waals surface area contributed by atoms with Crippen molar-refractivity contribution in [2.45, 2.75) is 31.2 Å². The van der Waals surface area contributed by atoms with Crippen LogP contribution < -0.4 is 4.72 Å². The van der Waals surface area contributed by atoms with Crippen molar-refractivity contribution in [1.82, 2.24) is 4.72 Å². The number of carbonyl (C=O) groups excluding carboxylic acids is 1. The molecule has 0 bridgehead atoms. The van der Waals surface area contributed by atoms with Crippen LogP contribution in [0.15, 0.2) is 47.4 Å². The van der Waals surface area contributed by atoms with Crippen LogP contribution in [0.3, 0.4) is 0 Å². The topological polar surface area (TPSA) is 72.5 Å². The van der Waals surface area contributed by atoms with E-state index in [-0.39, 0.29) is 21.5 Å². The molecule has 0 heterocycles. The van der Waals surface area contributed by atoms with E-state index < -0.39 is 16.0 Å². The van der Waals surface area contributed by atoms with Gasteiger partial charge in [-0.05, 0) is 37.1 Å². The van der Waals surface area contributed by atoms with Crippen LogP contribution in [0.4, 0.5) is 0 Å². The van der Waals surface area contributed by atoms with E-state index in [2.05, 4.69) is 9.46 Å². The van der Waals surface area contributed by atoms with E-state index in [9.17, 15) is 13.2 Å². The summed E-state index contributed by atoms with van der Waals surface area (Å²) in [6, 6.07) is 11.2. The number of rotatable bonds is 6. The molecule has 0 aliphatic rings. The lowest BCUT2D eigenvalue weighted by molar-refractivity contribution is 0.0600. The highest BCUT2D eigenvalue weighted by molar-refractivity contribution is 7.89. The van der Waals surface area contributed by atoms with Crippen molar-refractivity contribution in [3.63, 3.8) is 0 Å². The van der Waals surface area contributed by atoms with E-state index in [1.54, 1.807) is 0 Å². The number of aryl methyl sites for hydroxylation is 1. The van der Waals surface area contributed by atoms with Gasteiger partial charge < -0.3 is 4.74 Å². The number of ether oxygens (including phenoxy) is 1. The Morgan fingerprint density at radius 1 is 1.20 bits per heavy atom. The van der Waals surface area contributed by atoms with Crippen LogP contribution in [0, 0.1) is 6.92 Å². The predicted molar refractivity (Wildman–Crippen MR) is 97.3 cm³/mol. The summed E-state index contributed by atoms with van der Waals surface area (Å²) in [5.74, 6) is -0.687. The van der Waals surface area contributed by atoms with Crippen molar-refractivity contribution in [2.24, 2.45) is 0 Å². The molecule has 7 heteroatoms. The lowest BCUT2D eigenvalue weighted by Gasteiger charge is -2.18. The fourth-order valence-electron chi connectivity index (χ4n) is 2.38. The number of benzene rings is 2. The van der Waals surface area contributed by atoms with E-state index in [1.165, 1.54) is 25.3 Å². The van der Waals surface area contributed by atoms with E-state index in [4.69, 9.17) is 11.6 Å². The molecule has 0 spiro atoms. The number of sulfonamides is 1. The van der Waals surface area contributed by atoms with E-state index in [0.29, 0.717) is 6.42 Å². The zero-order valence-electron chi connectivity index (χ0n) is 14.2. The third-order valence-corrected chi connectivity index (χ3v) is 5.64. The average Bonchev–Trinajstić information content (AvgIpc) is 2.60. The first kappa shape index (κ1) is 19.4. The second-order valence-electron chi connectivity index (χ2n) is 5.63. The van der Waals surface area contributed by atoms with E-state index in [0.717, 1.165) is 11.1 Å². The zero-order valence-corrected chi connectivity index (χ0v) is 15.8. The van der Waals surface area contributed by atoms with Crippen LogP contribution in [-0.4, -0.2) is 21.5 Å². The standard InChI is InChI=1S/C18H20ClNO4S/c1-4-17(13-7-5-12(2)6-8-13)20-25(22,23)14-9-10-16(19)15(11-14)18(21)24-3/h5-11,17,20H,4H2,1-3H3. The molecule has 0 saturated carbocycles. The maximum atomic E-state index is 12.7. The molecule has 2 aromatic carbocycles. The molecule has 0 aromatic heterocycles.